The first-order chi connectivity index (χ1) is 14.1. The van der Waals surface area contributed by atoms with E-state index in [0.717, 1.165) is 35.4 Å². The van der Waals surface area contributed by atoms with Crippen molar-refractivity contribution in [3.05, 3.63) is 63.1 Å². The lowest BCUT2D eigenvalue weighted by molar-refractivity contribution is -0.122. The molecule has 0 saturated heterocycles. The highest BCUT2D eigenvalue weighted by atomic mass is 35.5. The van der Waals surface area contributed by atoms with Crippen LogP contribution in [0.2, 0.25) is 10.0 Å². The number of hydrogen-bond donors (Lipinski definition) is 1. The Bertz CT molecular complexity index is 1060. The maximum absolute atomic E-state index is 13.2. The molecule has 1 N–H and O–H groups in total. The van der Waals surface area contributed by atoms with Gasteiger partial charge in [-0.3, -0.25) is 9.10 Å². The van der Waals surface area contributed by atoms with Crippen LogP contribution in [-0.4, -0.2) is 26.6 Å². The molecule has 0 radical (unpaired) electrons. The van der Waals surface area contributed by atoms with E-state index in [0.29, 0.717) is 5.02 Å². The Labute approximate surface area is 188 Å². The molecule has 2 atom stereocenters. The van der Waals surface area contributed by atoms with Crippen LogP contribution in [-0.2, 0) is 27.7 Å². The van der Waals surface area contributed by atoms with Gasteiger partial charge in [0.25, 0.3) is 0 Å². The van der Waals surface area contributed by atoms with Gasteiger partial charge in [0, 0.05) is 5.02 Å². The number of amides is 1. The lowest BCUT2D eigenvalue weighted by atomic mass is 10.0. The van der Waals surface area contributed by atoms with Gasteiger partial charge in [-0.2, -0.15) is 0 Å². The van der Waals surface area contributed by atoms with E-state index in [9.17, 15) is 13.2 Å². The zero-order valence-electron chi connectivity index (χ0n) is 17.3. The number of carbonyl (C=O) groups excluding carboxylic acids is 1. The number of benzene rings is 2. The first-order valence-electron chi connectivity index (χ1n) is 9.98. The Morgan fingerprint density at radius 1 is 1.13 bits per heavy atom. The highest BCUT2D eigenvalue weighted by Crippen LogP contribution is 2.33. The summed E-state index contributed by atoms with van der Waals surface area (Å²) < 4.78 is 26.3. The number of halogens is 2. The lowest BCUT2D eigenvalue weighted by Crippen LogP contribution is -2.49. The number of hydrogen-bond acceptors (Lipinski definition) is 3. The molecule has 1 amide bonds. The third kappa shape index (κ3) is 4.93. The minimum atomic E-state index is -3.79. The second-order valence-corrected chi connectivity index (χ2v) is 10.4. The highest BCUT2D eigenvalue weighted by molar-refractivity contribution is 7.92. The van der Waals surface area contributed by atoms with Crippen molar-refractivity contribution in [2.45, 2.75) is 51.6 Å². The Morgan fingerprint density at radius 2 is 1.83 bits per heavy atom. The van der Waals surface area contributed by atoms with Crippen molar-refractivity contribution in [2.24, 2.45) is 0 Å². The van der Waals surface area contributed by atoms with Crippen LogP contribution >= 0.6 is 23.2 Å². The summed E-state index contributed by atoms with van der Waals surface area (Å²) in [6.45, 7) is 3.67. The van der Waals surface area contributed by atoms with E-state index in [4.69, 9.17) is 23.2 Å². The molecule has 0 unspecified atom stereocenters. The van der Waals surface area contributed by atoms with E-state index in [1.165, 1.54) is 23.3 Å². The van der Waals surface area contributed by atoms with Crippen LogP contribution in [0.1, 0.15) is 49.4 Å². The average molecular weight is 469 g/mol. The van der Waals surface area contributed by atoms with Crippen LogP contribution < -0.4 is 9.62 Å². The fourth-order valence-corrected chi connectivity index (χ4v) is 5.58. The molecule has 1 aliphatic rings. The molecular formula is C22H26Cl2N2O3S. The van der Waals surface area contributed by atoms with Crippen LogP contribution in [0.4, 0.5) is 5.69 Å². The molecule has 0 heterocycles. The summed E-state index contributed by atoms with van der Waals surface area (Å²) in [4.78, 5) is 13.2. The highest BCUT2D eigenvalue weighted by Gasteiger charge is 2.33. The van der Waals surface area contributed by atoms with E-state index in [1.54, 1.807) is 13.0 Å². The van der Waals surface area contributed by atoms with Crippen molar-refractivity contribution in [2.75, 3.05) is 10.6 Å². The monoisotopic (exact) mass is 468 g/mol. The van der Waals surface area contributed by atoms with Gasteiger partial charge in [0.2, 0.25) is 15.9 Å². The normalized spacial score (nSPS) is 15.4. The van der Waals surface area contributed by atoms with Crippen LogP contribution in [0.5, 0.6) is 0 Å². The fraction of sp³-hybridized carbons (Fsp3) is 0.409. The van der Waals surface area contributed by atoms with Crippen molar-refractivity contribution in [1.82, 2.24) is 5.32 Å². The minimum Gasteiger partial charge on any atom is -0.348 e. The second kappa shape index (κ2) is 9.16. The molecule has 162 valence electrons. The molecule has 2 aromatic carbocycles. The minimum absolute atomic E-state index is 0.193. The molecule has 5 nitrogen and oxygen atoms in total. The molecule has 3 rings (SSSR count). The quantitative estimate of drug-likeness (QED) is 0.627. The van der Waals surface area contributed by atoms with Gasteiger partial charge in [-0.25, -0.2) is 8.42 Å². The summed E-state index contributed by atoms with van der Waals surface area (Å²) in [7, 11) is -3.79. The number of carbonyl (C=O) groups is 1. The standard InChI is InChI=1S/C22H26Cl2N2O3S/c1-4-20(26(30(3,28)29)21-13-18(23)10-11-19(21)24)22(27)25-14(2)16-9-8-15-6-5-7-17(15)12-16/h8-14,20H,4-7H2,1-3H3,(H,25,27)/t14-,20-/m0/s1. The predicted octanol–water partition coefficient (Wildman–Crippen LogP) is 4.90. The molecule has 1 aliphatic carbocycles. The summed E-state index contributed by atoms with van der Waals surface area (Å²) in [6.07, 6.45) is 4.64. The van der Waals surface area contributed by atoms with Crippen LogP contribution in [0.15, 0.2) is 36.4 Å². The molecule has 0 aromatic heterocycles. The number of rotatable bonds is 7. The van der Waals surface area contributed by atoms with Gasteiger partial charge < -0.3 is 5.32 Å². The van der Waals surface area contributed by atoms with Gasteiger partial charge in [-0.05, 0) is 67.5 Å². The zero-order chi connectivity index (χ0) is 22.1. The largest absolute Gasteiger partial charge is 0.348 e. The van der Waals surface area contributed by atoms with E-state index < -0.39 is 16.1 Å². The predicted molar refractivity (Wildman–Crippen MR) is 123 cm³/mol. The topological polar surface area (TPSA) is 66.5 Å². The maximum atomic E-state index is 13.2. The molecule has 8 heteroatoms. The third-order valence-corrected chi connectivity index (χ3v) is 7.18. The van der Waals surface area contributed by atoms with Gasteiger partial charge in [0.1, 0.15) is 6.04 Å². The summed E-state index contributed by atoms with van der Waals surface area (Å²) in [5.74, 6) is -0.382. The number of anilines is 1. The van der Waals surface area contributed by atoms with Crippen LogP contribution in [0, 0.1) is 0 Å². The molecule has 0 fully saturated rings. The SMILES string of the molecule is CC[C@@H](C(=O)N[C@@H](C)c1ccc2c(c1)CCC2)N(c1cc(Cl)ccc1Cl)S(C)(=O)=O. The first kappa shape index (κ1) is 22.9. The Balaban J connectivity index is 1.88. The number of nitrogens with zero attached hydrogens (tertiary/aromatic N) is 1. The molecule has 0 saturated carbocycles. The van der Waals surface area contributed by atoms with Crippen molar-refractivity contribution in [1.29, 1.82) is 0 Å². The molecule has 0 aliphatic heterocycles. The van der Waals surface area contributed by atoms with E-state index >= 15 is 0 Å². The van der Waals surface area contributed by atoms with Crippen molar-refractivity contribution < 1.29 is 13.2 Å². The fourth-order valence-electron chi connectivity index (χ4n) is 3.94. The van der Waals surface area contributed by atoms with Crippen molar-refractivity contribution in [3.8, 4) is 0 Å². The van der Waals surface area contributed by atoms with Gasteiger partial charge in [0.15, 0.2) is 0 Å². The summed E-state index contributed by atoms with van der Waals surface area (Å²) in [5, 5.41) is 3.52. The van der Waals surface area contributed by atoms with Crippen molar-refractivity contribution >= 4 is 44.8 Å². The number of sulfonamides is 1. The van der Waals surface area contributed by atoms with Crippen LogP contribution in [0.3, 0.4) is 0 Å². The average Bonchev–Trinajstić information content (AvgIpc) is 3.14. The van der Waals surface area contributed by atoms with E-state index in [2.05, 4.69) is 17.4 Å². The molecular weight excluding hydrogens is 443 g/mol. The Hall–Kier alpha value is -1.76. The van der Waals surface area contributed by atoms with Crippen LogP contribution in [0.25, 0.3) is 0 Å². The zero-order valence-corrected chi connectivity index (χ0v) is 19.6. The third-order valence-electron chi connectivity index (χ3n) is 5.46. The van der Waals surface area contributed by atoms with Gasteiger partial charge in [-0.1, -0.05) is 48.3 Å². The van der Waals surface area contributed by atoms with Crippen molar-refractivity contribution in [3.63, 3.8) is 0 Å². The first-order valence-corrected chi connectivity index (χ1v) is 12.6. The number of nitrogens with one attached hydrogen (secondary N) is 1. The Kier molecular flexibility index (Phi) is 7.00. The maximum Gasteiger partial charge on any atom is 0.244 e. The van der Waals surface area contributed by atoms with E-state index in [-0.39, 0.29) is 29.1 Å². The number of aryl methyl sites for hydroxylation is 2. The number of fused-ring (bicyclic) bond motifs is 1. The van der Waals surface area contributed by atoms with Gasteiger partial charge in [0.05, 0.1) is 23.0 Å². The second-order valence-electron chi connectivity index (χ2n) is 7.69. The van der Waals surface area contributed by atoms with Gasteiger partial charge >= 0.3 is 0 Å². The Morgan fingerprint density at radius 3 is 2.50 bits per heavy atom. The molecule has 0 bridgehead atoms. The molecule has 0 spiro atoms. The lowest BCUT2D eigenvalue weighted by Gasteiger charge is -2.31. The molecule has 30 heavy (non-hydrogen) atoms. The molecule has 2 aromatic rings. The van der Waals surface area contributed by atoms with Gasteiger partial charge in [-0.15, -0.1) is 0 Å². The summed E-state index contributed by atoms with van der Waals surface area (Å²) in [5.41, 5.74) is 3.89. The summed E-state index contributed by atoms with van der Waals surface area (Å²) >= 11 is 12.3. The van der Waals surface area contributed by atoms with E-state index in [1.807, 2.05) is 13.0 Å². The summed E-state index contributed by atoms with van der Waals surface area (Å²) in [6, 6.07) is 9.63. The smallest absolute Gasteiger partial charge is 0.244 e.